The molecule has 1 aromatic carbocycles. The summed E-state index contributed by atoms with van der Waals surface area (Å²) in [6, 6.07) is 10.0. The highest BCUT2D eigenvalue weighted by Crippen LogP contribution is 2.16. The predicted molar refractivity (Wildman–Crippen MR) is 79.7 cm³/mol. The number of nitrogens with one attached hydrogen (secondary N) is 1. The van der Waals surface area contributed by atoms with Gasteiger partial charge in [0.15, 0.2) is 0 Å². The summed E-state index contributed by atoms with van der Waals surface area (Å²) in [7, 11) is 0. The Hall–Kier alpha value is -1.39. The van der Waals surface area contributed by atoms with E-state index in [0.29, 0.717) is 0 Å². The zero-order valence-electron chi connectivity index (χ0n) is 11.9. The third-order valence-electron chi connectivity index (χ3n) is 3.22. The summed E-state index contributed by atoms with van der Waals surface area (Å²) in [5, 5.41) is 7.79. The van der Waals surface area contributed by atoms with Crippen LogP contribution in [-0.2, 0) is 4.74 Å². The number of amidine groups is 1. The molecule has 19 heavy (non-hydrogen) atoms. The first-order valence-corrected chi connectivity index (χ1v) is 6.88. The maximum absolute atomic E-state index is 7.79. The quantitative estimate of drug-likeness (QED) is 0.407. The Morgan fingerprint density at radius 3 is 2.53 bits per heavy atom. The van der Waals surface area contributed by atoms with E-state index in [0.717, 1.165) is 38.4 Å². The van der Waals surface area contributed by atoms with E-state index in [9.17, 15) is 0 Å². The lowest BCUT2D eigenvalue weighted by atomic mass is 9.97. The fourth-order valence-electron chi connectivity index (χ4n) is 2.04. The minimum absolute atomic E-state index is 0.0391. The molecule has 0 aromatic heterocycles. The number of hydrogen-bond acceptors (Lipinski definition) is 3. The molecule has 0 amide bonds. The maximum Gasteiger partial charge on any atom is 0.0995 e. The molecule has 1 aromatic rings. The largest absolute Gasteiger partial charge is 0.387 e. The summed E-state index contributed by atoms with van der Waals surface area (Å²) >= 11 is 0. The van der Waals surface area contributed by atoms with Gasteiger partial charge < -0.3 is 15.4 Å². The van der Waals surface area contributed by atoms with E-state index >= 15 is 0 Å². The third kappa shape index (κ3) is 5.41. The number of hydrogen-bond donors (Lipinski definition) is 2. The number of ether oxygens (including phenoxy) is 1. The molecule has 0 saturated heterocycles. The second kappa shape index (κ2) is 8.67. The molecule has 1 rings (SSSR count). The lowest BCUT2D eigenvalue weighted by Crippen LogP contribution is -2.36. The van der Waals surface area contributed by atoms with Crippen LogP contribution >= 0.6 is 0 Å². The van der Waals surface area contributed by atoms with Crippen LogP contribution in [0.25, 0.3) is 0 Å². The van der Waals surface area contributed by atoms with Crippen molar-refractivity contribution in [2.24, 2.45) is 5.73 Å². The average molecular weight is 263 g/mol. The maximum atomic E-state index is 7.79. The molecule has 1 unspecified atom stereocenters. The molecule has 0 bridgehead atoms. The first kappa shape index (κ1) is 15.7. The Balaban J connectivity index is 2.64. The van der Waals surface area contributed by atoms with Crippen molar-refractivity contribution in [3.05, 3.63) is 35.9 Å². The van der Waals surface area contributed by atoms with E-state index in [-0.39, 0.29) is 11.8 Å². The lowest BCUT2D eigenvalue weighted by molar-refractivity contribution is 0.115. The minimum atomic E-state index is -0.0391. The molecule has 0 aliphatic rings. The van der Waals surface area contributed by atoms with E-state index in [4.69, 9.17) is 15.9 Å². The summed E-state index contributed by atoms with van der Waals surface area (Å²) in [5.74, 6) is 0.184. The first-order chi connectivity index (χ1) is 9.19. The monoisotopic (exact) mass is 263 g/mol. The van der Waals surface area contributed by atoms with E-state index in [1.54, 1.807) is 0 Å². The molecule has 0 fully saturated rings. The van der Waals surface area contributed by atoms with Gasteiger partial charge in [0.05, 0.1) is 18.4 Å². The highest BCUT2D eigenvalue weighted by molar-refractivity contribution is 5.84. The van der Waals surface area contributed by atoms with Crippen LogP contribution in [0.5, 0.6) is 0 Å². The number of nitrogens with two attached hydrogens (primary N) is 1. The Morgan fingerprint density at radius 1 is 1.32 bits per heavy atom. The standard InChI is InChI=1S/C15H25N3O/c1-3-18(10-11-19-4-2)12-14(15(16)17)13-8-6-5-7-9-13/h5-9,14H,3-4,10-12H2,1-2H3,(H3,16,17). The molecule has 0 spiro atoms. The van der Waals surface area contributed by atoms with Crippen molar-refractivity contribution in [2.75, 3.05) is 32.8 Å². The van der Waals surface area contributed by atoms with Crippen molar-refractivity contribution in [2.45, 2.75) is 19.8 Å². The van der Waals surface area contributed by atoms with Gasteiger partial charge in [0.1, 0.15) is 0 Å². The average Bonchev–Trinajstić information content (AvgIpc) is 2.43. The van der Waals surface area contributed by atoms with Crippen LogP contribution in [0.15, 0.2) is 30.3 Å². The van der Waals surface area contributed by atoms with Crippen LogP contribution in [0.2, 0.25) is 0 Å². The molecule has 0 aliphatic carbocycles. The normalized spacial score (nSPS) is 12.6. The van der Waals surface area contributed by atoms with Crippen molar-refractivity contribution in [3.8, 4) is 0 Å². The molecule has 3 N–H and O–H groups in total. The van der Waals surface area contributed by atoms with Crippen LogP contribution < -0.4 is 5.73 Å². The molecule has 0 radical (unpaired) electrons. The Bertz CT molecular complexity index is 367. The molecular formula is C15H25N3O. The summed E-state index contributed by atoms with van der Waals surface area (Å²) in [6.07, 6.45) is 0. The van der Waals surface area contributed by atoms with E-state index in [1.165, 1.54) is 0 Å². The van der Waals surface area contributed by atoms with Crippen molar-refractivity contribution in [1.82, 2.24) is 4.90 Å². The first-order valence-electron chi connectivity index (χ1n) is 6.88. The van der Waals surface area contributed by atoms with Gasteiger partial charge in [-0.3, -0.25) is 5.41 Å². The highest BCUT2D eigenvalue weighted by Gasteiger charge is 2.17. The highest BCUT2D eigenvalue weighted by atomic mass is 16.5. The van der Waals surface area contributed by atoms with E-state index in [2.05, 4.69) is 11.8 Å². The molecule has 4 nitrogen and oxygen atoms in total. The van der Waals surface area contributed by atoms with Crippen LogP contribution in [-0.4, -0.2) is 43.6 Å². The predicted octanol–water partition coefficient (Wildman–Crippen LogP) is 2.06. The van der Waals surface area contributed by atoms with Crippen molar-refractivity contribution < 1.29 is 4.74 Å². The van der Waals surface area contributed by atoms with E-state index in [1.807, 2.05) is 37.3 Å². The van der Waals surface area contributed by atoms with Gasteiger partial charge >= 0.3 is 0 Å². The number of benzene rings is 1. The number of rotatable bonds is 9. The molecule has 0 heterocycles. The van der Waals surface area contributed by atoms with Gasteiger partial charge in [-0.2, -0.15) is 0 Å². The zero-order valence-corrected chi connectivity index (χ0v) is 11.9. The van der Waals surface area contributed by atoms with Gasteiger partial charge in [-0.05, 0) is 19.0 Å². The topological polar surface area (TPSA) is 62.3 Å². The lowest BCUT2D eigenvalue weighted by Gasteiger charge is -2.26. The van der Waals surface area contributed by atoms with Crippen LogP contribution in [0.3, 0.4) is 0 Å². The smallest absolute Gasteiger partial charge is 0.0995 e. The Kier molecular flexibility index (Phi) is 7.15. The molecule has 0 aliphatic heterocycles. The molecular weight excluding hydrogens is 238 g/mol. The van der Waals surface area contributed by atoms with Gasteiger partial charge in [0.25, 0.3) is 0 Å². The fourth-order valence-corrected chi connectivity index (χ4v) is 2.04. The van der Waals surface area contributed by atoms with Gasteiger partial charge in [-0.1, -0.05) is 37.3 Å². The second-order valence-corrected chi connectivity index (χ2v) is 4.51. The number of nitrogens with zero attached hydrogens (tertiary/aromatic N) is 1. The Morgan fingerprint density at radius 2 is 2.00 bits per heavy atom. The van der Waals surface area contributed by atoms with Gasteiger partial charge in [-0.15, -0.1) is 0 Å². The van der Waals surface area contributed by atoms with Gasteiger partial charge in [0.2, 0.25) is 0 Å². The number of likely N-dealkylation sites (N-methyl/N-ethyl adjacent to an activating group) is 1. The Labute approximate surface area is 116 Å². The van der Waals surface area contributed by atoms with Crippen molar-refractivity contribution in [1.29, 1.82) is 5.41 Å². The van der Waals surface area contributed by atoms with Crippen molar-refractivity contribution >= 4 is 5.84 Å². The molecule has 4 heteroatoms. The SMILES string of the molecule is CCOCCN(CC)CC(C(=N)N)c1ccccc1. The van der Waals surface area contributed by atoms with Crippen LogP contribution in [0, 0.1) is 5.41 Å². The fraction of sp³-hybridized carbons (Fsp3) is 0.533. The van der Waals surface area contributed by atoms with Gasteiger partial charge in [-0.25, -0.2) is 0 Å². The van der Waals surface area contributed by atoms with Crippen molar-refractivity contribution in [3.63, 3.8) is 0 Å². The third-order valence-corrected chi connectivity index (χ3v) is 3.22. The minimum Gasteiger partial charge on any atom is -0.387 e. The van der Waals surface area contributed by atoms with E-state index < -0.39 is 0 Å². The molecule has 0 saturated carbocycles. The van der Waals surface area contributed by atoms with Crippen LogP contribution in [0.4, 0.5) is 0 Å². The summed E-state index contributed by atoms with van der Waals surface area (Å²) in [5.41, 5.74) is 6.85. The zero-order chi connectivity index (χ0) is 14.1. The van der Waals surface area contributed by atoms with Crippen LogP contribution in [0.1, 0.15) is 25.3 Å². The molecule has 106 valence electrons. The summed E-state index contributed by atoms with van der Waals surface area (Å²) < 4.78 is 5.39. The van der Waals surface area contributed by atoms with Gasteiger partial charge in [0, 0.05) is 19.7 Å². The molecule has 1 atom stereocenters. The summed E-state index contributed by atoms with van der Waals surface area (Å²) in [6.45, 7) is 8.16. The summed E-state index contributed by atoms with van der Waals surface area (Å²) in [4.78, 5) is 2.27. The second-order valence-electron chi connectivity index (χ2n) is 4.51.